The van der Waals surface area contributed by atoms with Gasteiger partial charge in [0.2, 0.25) is 5.88 Å². The first-order chi connectivity index (χ1) is 11.7. The number of rotatable bonds is 0. The van der Waals surface area contributed by atoms with E-state index in [9.17, 15) is 9.59 Å². The first-order valence-electron chi connectivity index (χ1n) is 6.81. The number of benzene rings is 1. The molecule has 0 aliphatic carbocycles. The van der Waals surface area contributed by atoms with Crippen molar-refractivity contribution in [1.29, 1.82) is 0 Å². The van der Waals surface area contributed by atoms with Crippen molar-refractivity contribution in [2.24, 2.45) is 0 Å². The average Bonchev–Trinajstić information content (AvgIpc) is 2.56. The summed E-state index contributed by atoms with van der Waals surface area (Å²) >= 11 is 0. The molecular formula is C14H6N6O4. The monoisotopic (exact) mass is 322 g/mol. The molecule has 0 atom stereocenters. The third-order valence-electron chi connectivity index (χ3n) is 3.48. The number of ether oxygens (including phenoxy) is 1. The van der Waals surface area contributed by atoms with Crippen molar-refractivity contribution in [2.75, 3.05) is 5.32 Å². The van der Waals surface area contributed by atoms with Crippen LogP contribution in [0.5, 0.6) is 11.6 Å². The van der Waals surface area contributed by atoms with Crippen molar-refractivity contribution < 1.29 is 9.15 Å². The number of fused-ring (bicyclic) bond motifs is 4. The zero-order valence-electron chi connectivity index (χ0n) is 11.7. The molecule has 0 amide bonds. The Labute approximate surface area is 131 Å². The number of aromatic nitrogens is 5. The van der Waals surface area contributed by atoms with Crippen molar-refractivity contribution in [3.8, 4) is 23.2 Å². The molecule has 0 fully saturated rings. The molecule has 5 rings (SSSR count). The van der Waals surface area contributed by atoms with Crippen LogP contribution in [-0.4, -0.2) is 24.9 Å². The molecule has 3 aliphatic heterocycles. The summed E-state index contributed by atoms with van der Waals surface area (Å²) in [6.07, 6.45) is 2.67. The third-order valence-corrected chi connectivity index (χ3v) is 3.48. The van der Waals surface area contributed by atoms with E-state index in [1.807, 2.05) is 0 Å². The summed E-state index contributed by atoms with van der Waals surface area (Å²) in [4.78, 5) is 40.3. The highest BCUT2D eigenvalue weighted by Gasteiger charge is 2.21. The number of hydrogen-bond donors (Lipinski definition) is 2. The van der Waals surface area contributed by atoms with E-state index in [4.69, 9.17) is 9.15 Å². The molecule has 0 saturated carbocycles. The second-order valence-electron chi connectivity index (χ2n) is 5.03. The van der Waals surface area contributed by atoms with Gasteiger partial charge in [-0.25, -0.2) is 14.6 Å². The molecular weight excluding hydrogens is 316 g/mol. The molecule has 1 aromatic heterocycles. The van der Waals surface area contributed by atoms with Gasteiger partial charge in [0.15, 0.2) is 11.3 Å². The van der Waals surface area contributed by atoms with Crippen LogP contribution in [0.3, 0.4) is 0 Å². The van der Waals surface area contributed by atoms with Gasteiger partial charge in [-0.1, -0.05) is 0 Å². The number of anilines is 2. The lowest BCUT2D eigenvalue weighted by atomic mass is 10.2. The summed E-state index contributed by atoms with van der Waals surface area (Å²) in [5.74, 6) is 0.824. The molecule has 3 aliphatic rings. The molecule has 2 aromatic rings. The highest BCUT2D eigenvalue weighted by atomic mass is 16.5. The molecule has 10 heteroatoms. The Hall–Kier alpha value is -3.82. The molecule has 0 radical (unpaired) electrons. The number of nitrogens with one attached hydrogen (secondary N) is 2. The van der Waals surface area contributed by atoms with Crippen LogP contribution in [0, 0.1) is 0 Å². The van der Waals surface area contributed by atoms with E-state index in [0.717, 1.165) is 0 Å². The van der Waals surface area contributed by atoms with Gasteiger partial charge < -0.3 is 14.5 Å². The molecule has 4 heterocycles. The number of hydrogen-bond acceptors (Lipinski definition) is 9. The smallest absolute Gasteiger partial charge is 0.370 e. The molecule has 0 saturated heterocycles. The molecule has 0 spiro atoms. The topological polar surface area (TPSA) is 136 Å². The van der Waals surface area contributed by atoms with Crippen LogP contribution >= 0.6 is 0 Å². The van der Waals surface area contributed by atoms with Gasteiger partial charge in [0.05, 0.1) is 18.1 Å². The maximum atomic E-state index is 11.3. The highest BCUT2D eigenvalue weighted by Crippen LogP contribution is 2.41. The quantitative estimate of drug-likeness (QED) is 0.400. The van der Waals surface area contributed by atoms with E-state index in [0.29, 0.717) is 33.9 Å². The first kappa shape index (κ1) is 12.7. The van der Waals surface area contributed by atoms with E-state index in [2.05, 4.69) is 30.2 Å². The second kappa shape index (κ2) is 4.35. The fraction of sp³-hybridized carbons (Fsp3) is 0. The molecule has 24 heavy (non-hydrogen) atoms. The van der Waals surface area contributed by atoms with Gasteiger partial charge in [0, 0.05) is 12.1 Å². The van der Waals surface area contributed by atoms with Gasteiger partial charge in [-0.15, -0.1) is 0 Å². The predicted molar refractivity (Wildman–Crippen MR) is 80.7 cm³/mol. The zero-order valence-corrected chi connectivity index (χ0v) is 11.7. The van der Waals surface area contributed by atoms with Crippen molar-refractivity contribution in [2.45, 2.75) is 0 Å². The Bertz CT molecular complexity index is 1210. The minimum Gasteiger partial charge on any atom is -0.436 e. The maximum Gasteiger partial charge on any atom is 0.370 e. The molecule has 10 nitrogen and oxygen atoms in total. The van der Waals surface area contributed by atoms with Gasteiger partial charge in [-0.05, 0) is 0 Å². The Kier molecular flexibility index (Phi) is 2.30. The van der Waals surface area contributed by atoms with Crippen LogP contribution in [0.1, 0.15) is 0 Å². The molecule has 116 valence electrons. The molecule has 0 bridgehead atoms. The summed E-state index contributed by atoms with van der Waals surface area (Å²) in [6.45, 7) is 0. The number of H-pyrrole nitrogens is 1. The summed E-state index contributed by atoms with van der Waals surface area (Å²) in [6, 6.07) is 3.31. The zero-order chi connectivity index (χ0) is 16.3. The average molecular weight is 322 g/mol. The van der Waals surface area contributed by atoms with E-state index >= 15 is 0 Å². The first-order valence-corrected chi connectivity index (χ1v) is 6.81. The van der Waals surface area contributed by atoms with Crippen molar-refractivity contribution >= 4 is 22.5 Å². The highest BCUT2D eigenvalue weighted by molar-refractivity contribution is 5.86. The van der Waals surface area contributed by atoms with E-state index in [1.165, 1.54) is 12.4 Å². The van der Waals surface area contributed by atoms with Crippen molar-refractivity contribution in [1.82, 2.24) is 24.9 Å². The summed E-state index contributed by atoms with van der Waals surface area (Å²) in [5.41, 5.74) is 1.22. The Morgan fingerprint density at radius 1 is 1.00 bits per heavy atom. The van der Waals surface area contributed by atoms with Crippen LogP contribution < -0.4 is 21.4 Å². The fourth-order valence-corrected chi connectivity index (χ4v) is 2.43. The lowest BCUT2D eigenvalue weighted by molar-refractivity contribution is 0.458. The summed E-state index contributed by atoms with van der Waals surface area (Å²) in [7, 11) is 0. The fourth-order valence-electron chi connectivity index (χ4n) is 2.43. The minimum absolute atomic E-state index is 0.102. The van der Waals surface area contributed by atoms with E-state index in [-0.39, 0.29) is 11.8 Å². The van der Waals surface area contributed by atoms with Crippen LogP contribution in [0.2, 0.25) is 0 Å². The van der Waals surface area contributed by atoms with Gasteiger partial charge in [0.1, 0.15) is 16.9 Å². The van der Waals surface area contributed by atoms with Gasteiger partial charge in [-0.2, -0.15) is 15.0 Å². The van der Waals surface area contributed by atoms with E-state index in [1.54, 1.807) is 12.1 Å². The normalized spacial score (nSPS) is 12.3. The number of aromatic amines is 1. The lowest BCUT2D eigenvalue weighted by Gasteiger charge is -2.20. The Balaban J connectivity index is 1.73. The van der Waals surface area contributed by atoms with Crippen LogP contribution in [0.15, 0.2) is 38.5 Å². The predicted octanol–water partition coefficient (Wildman–Crippen LogP) is 1.02. The SMILES string of the molecule is O=c1ncc2nc3cc4c(cc3oc-2n1)Nc1cnc(=O)[nH]c1O4. The van der Waals surface area contributed by atoms with Crippen LogP contribution in [0.25, 0.3) is 22.7 Å². The lowest BCUT2D eigenvalue weighted by Crippen LogP contribution is -2.14. The summed E-state index contributed by atoms with van der Waals surface area (Å²) in [5, 5.41) is 3.08. The summed E-state index contributed by atoms with van der Waals surface area (Å²) < 4.78 is 11.3. The standard InChI is InChI=1S/C14H6N6O4/c21-13-16-4-8-11(19-13)23-9-1-5-10(2-6(9)18-8)24-12-7(17-5)3-15-14(22)20-12/h1-4,17H,(H,15,20,22). The minimum atomic E-state index is -0.643. The van der Waals surface area contributed by atoms with Crippen LogP contribution in [0.4, 0.5) is 11.4 Å². The maximum absolute atomic E-state index is 11.3. The molecule has 1 aromatic carbocycles. The van der Waals surface area contributed by atoms with Crippen molar-refractivity contribution in [3.05, 3.63) is 45.5 Å². The third kappa shape index (κ3) is 1.83. The Morgan fingerprint density at radius 3 is 2.83 bits per heavy atom. The molecule has 2 N–H and O–H groups in total. The largest absolute Gasteiger partial charge is 0.436 e. The second-order valence-corrected chi connectivity index (χ2v) is 5.03. The molecule has 0 unspecified atom stereocenters. The van der Waals surface area contributed by atoms with Gasteiger partial charge >= 0.3 is 11.4 Å². The van der Waals surface area contributed by atoms with Gasteiger partial charge in [-0.3, -0.25) is 4.98 Å². The van der Waals surface area contributed by atoms with Gasteiger partial charge in [0.25, 0.3) is 5.89 Å². The van der Waals surface area contributed by atoms with E-state index < -0.39 is 11.4 Å². The Morgan fingerprint density at radius 2 is 1.92 bits per heavy atom. The number of nitrogens with zero attached hydrogens (tertiary/aromatic N) is 4. The van der Waals surface area contributed by atoms with Crippen molar-refractivity contribution in [3.63, 3.8) is 0 Å². The van der Waals surface area contributed by atoms with Crippen LogP contribution in [-0.2, 0) is 0 Å².